The molecule has 0 saturated heterocycles. The van der Waals surface area contributed by atoms with Gasteiger partial charge in [0.25, 0.3) is 5.91 Å². The molecule has 0 bridgehead atoms. The van der Waals surface area contributed by atoms with Gasteiger partial charge in [0.2, 0.25) is 0 Å². The summed E-state index contributed by atoms with van der Waals surface area (Å²) in [7, 11) is 3.02. The molecule has 2 rings (SSSR count). The van der Waals surface area contributed by atoms with Gasteiger partial charge in [-0.1, -0.05) is 29.8 Å². The first-order valence-electron chi connectivity index (χ1n) is 7.58. The van der Waals surface area contributed by atoms with Gasteiger partial charge in [0.05, 0.1) is 24.1 Å². The maximum absolute atomic E-state index is 12.6. The minimum absolute atomic E-state index is 0.218. The van der Waals surface area contributed by atoms with Crippen LogP contribution in [0, 0.1) is 6.92 Å². The Morgan fingerprint density at radius 2 is 1.96 bits per heavy atom. The van der Waals surface area contributed by atoms with E-state index in [4.69, 9.17) is 11.6 Å². The molecule has 0 spiro atoms. The highest BCUT2D eigenvalue weighted by atomic mass is 35.5. The van der Waals surface area contributed by atoms with E-state index in [1.54, 1.807) is 18.7 Å². The molecule has 0 aliphatic rings. The number of aryl methyl sites for hydroxylation is 1. The molecule has 0 aliphatic carbocycles. The van der Waals surface area contributed by atoms with Gasteiger partial charge in [-0.25, -0.2) is 4.68 Å². The number of carbonyl (C=O) groups excluding carboxylic acids is 2. The lowest BCUT2D eigenvalue weighted by Crippen LogP contribution is -2.28. The Morgan fingerprint density at radius 3 is 2.58 bits per heavy atom. The van der Waals surface area contributed by atoms with E-state index in [0.717, 1.165) is 5.69 Å². The van der Waals surface area contributed by atoms with Crippen LogP contribution in [0.25, 0.3) is 5.69 Å². The van der Waals surface area contributed by atoms with Gasteiger partial charge in [-0.3, -0.25) is 9.59 Å². The molecule has 1 aromatic carbocycles. The van der Waals surface area contributed by atoms with Crippen molar-refractivity contribution in [3.05, 3.63) is 46.7 Å². The van der Waals surface area contributed by atoms with Crippen LogP contribution in [0.15, 0.2) is 30.3 Å². The molecular weight excluding hydrogens is 330 g/mol. The summed E-state index contributed by atoms with van der Waals surface area (Å²) in [5, 5.41) is 4.65. The summed E-state index contributed by atoms with van der Waals surface area (Å²) in [5.74, 6) is -0.508. The van der Waals surface area contributed by atoms with Crippen molar-refractivity contribution in [2.24, 2.45) is 0 Å². The molecule has 24 heavy (non-hydrogen) atoms. The standard InChI is InChI=1S/C17H20ClN3O3/c1-12-15(17(23)20(2)11-7-10-14(22)24-3)16(18)21(19-12)13-8-5-4-6-9-13/h4-6,8-9H,7,10-11H2,1-3H3. The average molecular weight is 350 g/mol. The van der Waals surface area contributed by atoms with Crippen molar-refractivity contribution in [1.82, 2.24) is 14.7 Å². The van der Waals surface area contributed by atoms with Gasteiger partial charge in [0.1, 0.15) is 5.15 Å². The number of hydrogen-bond donors (Lipinski definition) is 0. The number of amides is 1. The number of rotatable bonds is 6. The lowest BCUT2D eigenvalue weighted by atomic mass is 10.2. The second-order valence-corrected chi connectivity index (χ2v) is 5.76. The predicted octanol–water partition coefficient (Wildman–Crippen LogP) is 2.86. The van der Waals surface area contributed by atoms with Crippen LogP contribution in [-0.4, -0.2) is 47.3 Å². The van der Waals surface area contributed by atoms with Gasteiger partial charge >= 0.3 is 5.97 Å². The van der Waals surface area contributed by atoms with E-state index in [0.29, 0.717) is 24.2 Å². The number of carbonyl (C=O) groups is 2. The number of nitrogens with zero attached hydrogens (tertiary/aromatic N) is 3. The quantitative estimate of drug-likeness (QED) is 0.752. The topological polar surface area (TPSA) is 64.4 Å². The molecule has 0 unspecified atom stereocenters. The Labute approximate surface area is 146 Å². The highest BCUT2D eigenvalue weighted by molar-refractivity contribution is 6.33. The van der Waals surface area contributed by atoms with Crippen LogP contribution in [0.3, 0.4) is 0 Å². The molecule has 0 N–H and O–H groups in total. The molecule has 7 heteroatoms. The SMILES string of the molecule is COC(=O)CCCN(C)C(=O)c1c(C)nn(-c2ccccc2)c1Cl. The minimum Gasteiger partial charge on any atom is -0.469 e. The maximum atomic E-state index is 12.6. The van der Waals surface area contributed by atoms with Gasteiger partial charge in [-0.05, 0) is 25.5 Å². The first-order chi connectivity index (χ1) is 11.5. The van der Waals surface area contributed by atoms with Crippen LogP contribution in [-0.2, 0) is 9.53 Å². The van der Waals surface area contributed by atoms with Crippen LogP contribution >= 0.6 is 11.6 Å². The summed E-state index contributed by atoms with van der Waals surface area (Å²) >= 11 is 6.39. The van der Waals surface area contributed by atoms with Crippen molar-refractivity contribution in [3.63, 3.8) is 0 Å². The zero-order valence-electron chi connectivity index (χ0n) is 14.0. The molecule has 128 valence electrons. The third kappa shape index (κ3) is 3.94. The van der Waals surface area contributed by atoms with Gasteiger partial charge in [0, 0.05) is 20.0 Å². The van der Waals surface area contributed by atoms with Crippen LogP contribution in [0.2, 0.25) is 5.15 Å². The van der Waals surface area contributed by atoms with Gasteiger partial charge in [-0.2, -0.15) is 5.10 Å². The number of methoxy groups -OCH3 is 1. The molecular formula is C17H20ClN3O3. The molecule has 0 atom stereocenters. The van der Waals surface area contributed by atoms with E-state index < -0.39 is 0 Å². The van der Waals surface area contributed by atoms with Crippen molar-refractivity contribution in [2.45, 2.75) is 19.8 Å². The Hall–Kier alpha value is -2.34. The van der Waals surface area contributed by atoms with Gasteiger partial charge < -0.3 is 9.64 Å². The summed E-state index contributed by atoms with van der Waals surface area (Å²) in [6.07, 6.45) is 0.794. The summed E-state index contributed by atoms with van der Waals surface area (Å²) < 4.78 is 6.14. The monoisotopic (exact) mass is 349 g/mol. The predicted molar refractivity (Wildman–Crippen MR) is 91.5 cm³/mol. The molecule has 2 aromatic rings. The second kappa shape index (κ2) is 7.97. The van der Waals surface area contributed by atoms with E-state index in [1.807, 2.05) is 30.3 Å². The maximum Gasteiger partial charge on any atom is 0.305 e. The van der Waals surface area contributed by atoms with E-state index >= 15 is 0 Å². The Bertz CT molecular complexity index is 728. The summed E-state index contributed by atoms with van der Waals surface area (Å²) in [5.41, 5.74) is 1.73. The molecule has 6 nitrogen and oxygen atoms in total. The molecule has 0 radical (unpaired) electrons. The van der Waals surface area contributed by atoms with Crippen molar-refractivity contribution in [3.8, 4) is 5.69 Å². The van der Waals surface area contributed by atoms with Crippen LogP contribution in [0.1, 0.15) is 28.9 Å². The van der Waals surface area contributed by atoms with E-state index in [1.165, 1.54) is 12.0 Å². The Balaban J connectivity index is 2.15. The first-order valence-corrected chi connectivity index (χ1v) is 7.96. The molecule has 0 aliphatic heterocycles. The second-order valence-electron chi connectivity index (χ2n) is 5.40. The number of benzene rings is 1. The van der Waals surface area contributed by atoms with Crippen LogP contribution in [0.5, 0.6) is 0 Å². The molecule has 1 heterocycles. The van der Waals surface area contributed by atoms with Gasteiger partial charge in [-0.15, -0.1) is 0 Å². The van der Waals surface area contributed by atoms with E-state index in [-0.39, 0.29) is 23.5 Å². The third-order valence-corrected chi connectivity index (χ3v) is 4.02. The largest absolute Gasteiger partial charge is 0.469 e. The zero-order valence-corrected chi connectivity index (χ0v) is 14.7. The van der Waals surface area contributed by atoms with Crippen molar-refractivity contribution < 1.29 is 14.3 Å². The highest BCUT2D eigenvalue weighted by Crippen LogP contribution is 2.24. The van der Waals surface area contributed by atoms with E-state index in [9.17, 15) is 9.59 Å². The molecule has 0 fully saturated rings. The van der Waals surface area contributed by atoms with Crippen LogP contribution in [0.4, 0.5) is 0 Å². The number of esters is 1. The molecule has 1 amide bonds. The highest BCUT2D eigenvalue weighted by Gasteiger charge is 2.23. The lowest BCUT2D eigenvalue weighted by molar-refractivity contribution is -0.140. The van der Waals surface area contributed by atoms with Gasteiger partial charge in [0.15, 0.2) is 0 Å². The Morgan fingerprint density at radius 1 is 1.29 bits per heavy atom. The van der Waals surface area contributed by atoms with Crippen LogP contribution < -0.4 is 0 Å². The fraction of sp³-hybridized carbons (Fsp3) is 0.353. The molecule has 0 saturated carbocycles. The summed E-state index contributed by atoms with van der Waals surface area (Å²) in [6, 6.07) is 9.39. The normalized spacial score (nSPS) is 10.5. The van der Waals surface area contributed by atoms with Crippen molar-refractivity contribution in [2.75, 3.05) is 20.7 Å². The number of hydrogen-bond acceptors (Lipinski definition) is 4. The lowest BCUT2D eigenvalue weighted by Gasteiger charge is -2.16. The number of halogens is 1. The first kappa shape index (κ1) is 18.0. The zero-order chi connectivity index (χ0) is 17.7. The number of aromatic nitrogens is 2. The minimum atomic E-state index is -0.290. The average Bonchev–Trinajstić information content (AvgIpc) is 2.89. The number of para-hydroxylation sites is 1. The van der Waals surface area contributed by atoms with Crippen molar-refractivity contribution in [1.29, 1.82) is 0 Å². The third-order valence-electron chi connectivity index (χ3n) is 3.67. The molecule has 1 aromatic heterocycles. The summed E-state index contributed by atoms with van der Waals surface area (Å²) in [4.78, 5) is 25.3. The number of ether oxygens (including phenoxy) is 1. The Kier molecular flexibility index (Phi) is 5.98. The van der Waals surface area contributed by atoms with Crippen molar-refractivity contribution >= 4 is 23.5 Å². The smallest absolute Gasteiger partial charge is 0.305 e. The van der Waals surface area contributed by atoms with E-state index in [2.05, 4.69) is 9.84 Å². The fourth-order valence-corrected chi connectivity index (χ4v) is 2.69. The fourth-order valence-electron chi connectivity index (χ4n) is 2.34. The summed E-state index contributed by atoms with van der Waals surface area (Å²) in [6.45, 7) is 2.18.